The van der Waals surface area contributed by atoms with Gasteiger partial charge in [-0.1, -0.05) is 34.8 Å². The summed E-state index contributed by atoms with van der Waals surface area (Å²) in [4.78, 5) is 25.7. The fraction of sp³-hybridized carbons (Fsp3) is 0.250. The molecule has 0 bridgehead atoms. The topological polar surface area (TPSA) is 84.4 Å². The molecule has 0 saturated heterocycles. The van der Waals surface area contributed by atoms with Crippen molar-refractivity contribution in [1.82, 2.24) is 10.2 Å². The first-order valence-corrected chi connectivity index (χ1v) is 8.55. The molecule has 0 aliphatic heterocycles. The van der Waals surface area contributed by atoms with Crippen molar-refractivity contribution in [2.75, 3.05) is 23.8 Å². The van der Waals surface area contributed by atoms with E-state index in [1.54, 1.807) is 31.3 Å². The number of halogens is 3. The van der Waals surface area contributed by atoms with Crippen LogP contribution in [0.3, 0.4) is 0 Å². The summed E-state index contributed by atoms with van der Waals surface area (Å²) in [6.07, 6.45) is -1.03. The Morgan fingerprint density at radius 2 is 1.92 bits per heavy atom. The van der Waals surface area contributed by atoms with Gasteiger partial charge in [0.1, 0.15) is 6.54 Å². The molecule has 26 heavy (non-hydrogen) atoms. The monoisotopic (exact) mass is 416 g/mol. The summed E-state index contributed by atoms with van der Waals surface area (Å²) >= 11 is 17.5. The lowest BCUT2D eigenvalue weighted by Gasteiger charge is -2.19. The summed E-state index contributed by atoms with van der Waals surface area (Å²) < 4.78 is 5.13. The van der Waals surface area contributed by atoms with E-state index in [0.29, 0.717) is 21.6 Å². The number of hydrogen-bond acceptors (Lipinski definition) is 6. The van der Waals surface area contributed by atoms with Crippen LogP contribution in [0.2, 0.25) is 15.2 Å². The van der Waals surface area contributed by atoms with E-state index in [1.807, 2.05) is 0 Å². The summed E-state index contributed by atoms with van der Waals surface area (Å²) in [5, 5.41) is 11.1. The molecule has 7 nitrogen and oxygen atoms in total. The number of carbonyl (C=O) groups is 2. The maximum Gasteiger partial charge on any atom is 0.326 e. The molecule has 1 heterocycles. The average Bonchev–Trinajstić information content (AvgIpc) is 2.58. The molecule has 0 saturated carbocycles. The number of rotatable bonds is 6. The van der Waals surface area contributed by atoms with Crippen LogP contribution in [-0.4, -0.2) is 41.8 Å². The fourth-order valence-corrected chi connectivity index (χ4v) is 2.34. The maximum absolute atomic E-state index is 12.2. The van der Waals surface area contributed by atoms with Gasteiger partial charge in [-0.2, -0.15) is 0 Å². The van der Waals surface area contributed by atoms with Crippen LogP contribution in [0.1, 0.15) is 6.92 Å². The molecule has 1 N–H and O–H groups in total. The van der Waals surface area contributed by atoms with Crippen LogP contribution in [0.25, 0.3) is 0 Å². The first-order chi connectivity index (χ1) is 12.3. The number of anilines is 2. The minimum Gasteiger partial charge on any atom is -0.451 e. The molecule has 10 heteroatoms. The van der Waals surface area contributed by atoms with Gasteiger partial charge in [0.25, 0.3) is 5.91 Å². The zero-order valence-corrected chi connectivity index (χ0v) is 16.1. The molecule has 0 radical (unpaired) electrons. The van der Waals surface area contributed by atoms with Crippen molar-refractivity contribution in [3.05, 3.63) is 45.5 Å². The van der Waals surface area contributed by atoms with E-state index in [-0.39, 0.29) is 11.7 Å². The van der Waals surface area contributed by atoms with Gasteiger partial charge < -0.3 is 15.0 Å². The Morgan fingerprint density at radius 1 is 1.19 bits per heavy atom. The Morgan fingerprint density at radius 3 is 2.58 bits per heavy atom. The van der Waals surface area contributed by atoms with Gasteiger partial charge in [-0.25, -0.2) is 0 Å². The molecule has 0 fully saturated rings. The number of nitrogens with one attached hydrogen (secondary N) is 1. The van der Waals surface area contributed by atoms with Gasteiger partial charge in [0.15, 0.2) is 17.1 Å². The lowest BCUT2D eigenvalue weighted by molar-refractivity contribution is -0.151. The summed E-state index contributed by atoms with van der Waals surface area (Å²) in [6.45, 7) is 1.33. The van der Waals surface area contributed by atoms with Crippen molar-refractivity contribution in [2.45, 2.75) is 13.0 Å². The van der Waals surface area contributed by atoms with Crippen LogP contribution < -0.4 is 10.2 Å². The number of aromatic nitrogens is 2. The molecule has 0 aliphatic rings. The Bertz CT molecular complexity index is 802. The van der Waals surface area contributed by atoms with Crippen LogP contribution in [-0.2, 0) is 14.3 Å². The Kier molecular flexibility index (Phi) is 7.02. The van der Waals surface area contributed by atoms with E-state index in [2.05, 4.69) is 15.5 Å². The van der Waals surface area contributed by atoms with Crippen LogP contribution in [0.4, 0.5) is 11.5 Å². The van der Waals surface area contributed by atoms with Gasteiger partial charge in [-0.15, -0.1) is 10.2 Å². The predicted molar refractivity (Wildman–Crippen MR) is 101 cm³/mol. The van der Waals surface area contributed by atoms with Crippen molar-refractivity contribution in [1.29, 1.82) is 0 Å². The van der Waals surface area contributed by atoms with E-state index >= 15 is 0 Å². The van der Waals surface area contributed by atoms with Gasteiger partial charge in [-0.3, -0.25) is 9.59 Å². The summed E-state index contributed by atoms with van der Waals surface area (Å²) in [5.74, 6) is -0.699. The molecule has 2 rings (SSSR count). The van der Waals surface area contributed by atoms with Crippen LogP contribution in [0.5, 0.6) is 0 Å². The second kappa shape index (κ2) is 9.02. The predicted octanol–water partition coefficient (Wildman–Crippen LogP) is 3.44. The maximum atomic E-state index is 12.2. The third-order valence-corrected chi connectivity index (χ3v) is 4.01. The Balaban J connectivity index is 1.90. The number of nitrogens with zero attached hydrogens (tertiary/aromatic N) is 3. The normalized spacial score (nSPS) is 11.6. The highest BCUT2D eigenvalue weighted by Gasteiger charge is 2.20. The SMILES string of the molecule is CC(OC(=O)CN(C)c1ccc(Cl)nn1)C(=O)Nc1cc(Cl)ccc1Cl. The van der Waals surface area contributed by atoms with Crippen LogP contribution >= 0.6 is 34.8 Å². The molecular weight excluding hydrogens is 403 g/mol. The number of likely N-dealkylation sites (N-methyl/N-ethyl adjacent to an activating group) is 1. The van der Waals surface area contributed by atoms with E-state index in [1.165, 1.54) is 17.9 Å². The molecule has 138 valence electrons. The van der Waals surface area contributed by atoms with E-state index in [0.717, 1.165) is 0 Å². The molecule has 0 aliphatic carbocycles. The fourth-order valence-electron chi connectivity index (χ4n) is 1.90. The van der Waals surface area contributed by atoms with Gasteiger partial charge in [-0.05, 0) is 37.3 Å². The zero-order valence-electron chi connectivity index (χ0n) is 13.9. The lowest BCUT2D eigenvalue weighted by atomic mass is 10.3. The van der Waals surface area contributed by atoms with E-state index in [4.69, 9.17) is 39.5 Å². The van der Waals surface area contributed by atoms with Gasteiger partial charge in [0, 0.05) is 12.1 Å². The zero-order chi connectivity index (χ0) is 19.3. The van der Waals surface area contributed by atoms with Gasteiger partial charge in [0.2, 0.25) is 0 Å². The number of esters is 1. The smallest absolute Gasteiger partial charge is 0.326 e. The molecule has 1 atom stereocenters. The Hall–Kier alpha value is -2.09. The standard InChI is InChI=1S/C16H15Cl3N4O3/c1-9(16(25)20-12-7-10(17)3-4-11(12)18)26-15(24)8-23(2)14-6-5-13(19)21-22-14/h3-7,9H,8H2,1-2H3,(H,20,25). The minimum absolute atomic E-state index is 0.119. The average molecular weight is 418 g/mol. The van der Waals surface area contributed by atoms with E-state index < -0.39 is 18.0 Å². The third-order valence-electron chi connectivity index (χ3n) is 3.24. The molecular formula is C16H15Cl3N4O3. The van der Waals surface area contributed by atoms with Crippen molar-refractivity contribution < 1.29 is 14.3 Å². The first-order valence-electron chi connectivity index (χ1n) is 7.42. The highest BCUT2D eigenvalue weighted by atomic mass is 35.5. The Labute approximate surface area is 165 Å². The number of amides is 1. The summed E-state index contributed by atoms with van der Waals surface area (Å²) in [5.41, 5.74) is 0.334. The second-order valence-electron chi connectivity index (χ2n) is 5.32. The molecule has 1 aromatic carbocycles. The summed E-state index contributed by atoms with van der Waals surface area (Å²) in [6, 6.07) is 7.82. The number of benzene rings is 1. The number of ether oxygens (including phenoxy) is 1. The molecule has 0 spiro atoms. The number of hydrogen-bond donors (Lipinski definition) is 1. The van der Waals surface area contributed by atoms with E-state index in [9.17, 15) is 9.59 Å². The highest BCUT2D eigenvalue weighted by Crippen LogP contribution is 2.25. The molecule has 1 unspecified atom stereocenters. The quantitative estimate of drug-likeness (QED) is 0.725. The van der Waals surface area contributed by atoms with Gasteiger partial charge in [0.05, 0.1) is 10.7 Å². The number of carbonyl (C=O) groups excluding carboxylic acids is 2. The second-order valence-corrected chi connectivity index (χ2v) is 6.55. The molecule has 1 amide bonds. The largest absolute Gasteiger partial charge is 0.451 e. The van der Waals surface area contributed by atoms with Crippen LogP contribution in [0, 0.1) is 0 Å². The molecule has 2 aromatic rings. The lowest BCUT2D eigenvalue weighted by Crippen LogP contribution is -2.35. The van der Waals surface area contributed by atoms with Crippen molar-refractivity contribution in [3.63, 3.8) is 0 Å². The molecule has 1 aromatic heterocycles. The summed E-state index contributed by atoms with van der Waals surface area (Å²) in [7, 11) is 1.63. The van der Waals surface area contributed by atoms with Crippen molar-refractivity contribution >= 4 is 58.2 Å². The minimum atomic E-state index is -1.03. The van der Waals surface area contributed by atoms with Crippen LogP contribution in [0.15, 0.2) is 30.3 Å². The highest BCUT2D eigenvalue weighted by molar-refractivity contribution is 6.35. The third kappa shape index (κ3) is 5.72. The first kappa shape index (κ1) is 20.2. The van der Waals surface area contributed by atoms with Crippen molar-refractivity contribution in [2.24, 2.45) is 0 Å². The van der Waals surface area contributed by atoms with Crippen molar-refractivity contribution in [3.8, 4) is 0 Å². The van der Waals surface area contributed by atoms with Gasteiger partial charge >= 0.3 is 5.97 Å².